The van der Waals surface area contributed by atoms with Crippen LogP contribution in [-0.4, -0.2) is 44.8 Å². The van der Waals surface area contributed by atoms with E-state index in [1.54, 1.807) is 14.2 Å². The number of methoxy groups -OCH3 is 2. The van der Waals surface area contributed by atoms with Gasteiger partial charge >= 0.3 is 5.97 Å². The lowest BCUT2D eigenvalue weighted by Crippen LogP contribution is -2.36. The molecule has 5 heteroatoms. The van der Waals surface area contributed by atoms with Crippen LogP contribution >= 0.6 is 0 Å². The second kappa shape index (κ2) is 8.03. The van der Waals surface area contributed by atoms with E-state index >= 15 is 0 Å². The maximum Gasteiger partial charge on any atom is 0.309 e. The average molecular weight is 307 g/mol. The second-order valence-electron chi connectivity index (χ2n) is 5.52. The van der Waals surface area contributed by atoms with Crippen LogP contribution < -0.4 is 9.47 Å². The summed E-state index contributed by atoms with van der Waals surface area (Å²) in [6.45, 7) is 4.96. The van der Waals surface area contributed by atoms with Gasteiger partial charge in [-0.15, -0.1) is 0 Å². The van der Waals surface area contributed by atoms with Gasteiger partial charge in [0.2, 0.25) is 0 Å². The van der Waals surface area contributed by atoms with Crippen molar-refractivity contribution in [1.82, 2.24) is 4.90 Å². The van der Waals surface area contributed by atoms with Crippen molar-refractivity contribution in [2.45, 2.75) is 26.3 Å². The molecule has 1 aliphatic heterocycles. The quantitative estimate of drug-likeness (QED) is 0.756. The Hall–Kier alpha value is -1.75. The predicted octanol–water partition coefficient (Wildman–Crippen LogP) is 2.48. The van der Waals surface area contributed by atoms with Crippen molar-refractivity contribution >= 4 is 5.97 Å². The van der Waals surface area contributed by atoms with E-state index < -0.39 is 0 Å². The first-order valence-electron chi connectivity index (χ1n) is 7.77. The zero-order valence-electron chi connectivity index (χ0n) is 13.6. The summed E-state index contributed by atoms with van der Waals surface area (Å²) in [7, 11) is 3.31. The van der Waals surface area contributed by atoms with Crippen LogP contribution in [0.2, 0.25) is 0 Å². The lowest BCUT2D eigenvalue weighted by atomic mass is 9.96. The maximum absolute atomic E-state index is 11.8. The summed E-state index contributed by atoms with van der Waals surface area (Å²) >= 11 is 0. The van der Waals surface area contributed by atoms with Crippen LogP contribution in [0.25, 0.3) is 0 Å². The van der Waals surface area contributed by atoms with Crippen LogP contribution in [0.4, 0.5) is 0 Å². The molecule has 0 unspecified atom stereocenters. The fraction of sp³-hybridized carbons (Fsp3) is 0.588. The highest BCUT2D eigenvalue weighted by molar-refractivity contribution is 5.72. The predicted molar refractivity (Wildman–Crippen MR) is 84.2 cm³/mol. The van der Waals surface area contributed by atoms with Crippen LogP contribution in [-0.2, 0) is 16.1 Å². The molecule has 1 saturated heterocycles. The Morgan fingerprint density at radius 3 is 2.23 bits per heavy atom. The highest BCUT2D eigenvalue weighted by Gasteiger charge is 2.25. The minimum atomic E-state index is -0.0507. The Morgan fingerprint density at radius 2 is 1.73 bits per heavy atom. The Balaban J connectivity index is 1.92. The number of nitrogens with zero attached hydrogens (tertiary/aromatic N) is 1. The molecule has 0 atom stereocenters. The molecule has 0 amide bonds. The van der Waals surface area contributed by atoms with Gasteiger partial charge in [-0.3, -0.25) is 9.69 Å². The van der Waals surface area contributed by atoms with E-state index in [2.05, 4.69) is 4.90 Å². The van der Waals surface area contributed by atoms with Gasteiger partial charge in [-0.2, -0.15) is 0 Å². The standard InChI is InChI=1S/C17H25NO4/c1-4-22-17(19)14-5-7-18(8-6-14)12-13-9-15(20-2)11-16(10-13)21-3/h9-11,14H,4-8,12H2,1-3H3. The van der Waals surface area contributed by atoms with E-state index in [4.69, 9.17) is 14.2 Å². The molecular weight excluding hydrogens is 282 g/mol. The molecule has 2 rings (SSSR count). The summed E-state index contributed by atoms with van der Waals surface area (Å²) in [4.78, 5) is 14.1. The van der Waals surface area contributed by atoms with Crippen molar-refractivity contribution in [3.8, 4) is 11.5 Å². The van der Waals surface area contributed by atoms with E-state index in [-0.39, 0.29) is 11.9 Å². The third-order valence-electron chi connectivity index (χ3n) is 4.02. The Labute approximate surface area is 132 Å². The highest BCUT2D eigenvalue weighted by atomic mass is 16.5. The lowest BCUT2D eigenvalue weighted by Gasteiger charge is -2.30. The van der Waals surface area contributed by atoms with Crippen molar-refractivity contribution in [2.24, 2.45) is 5.92 Å². The first kappa shape index (κ1) is 16.6. The molecule has 0 spiro atoms. The normalized spacial score (nSPS) is 16.3. The number of hydrogen-bond acceptors (Lipinski definition) is 5. The summed E-state index contributed by atoms with van der Waals surface area (Å²) in [6.07, 6.45) is 1.72. The summed E-state index contributed by atoms with van der Waals surface area (Å²) in [6, 6.07) is 5.93. The topological polar surface area (TPSA) is 48.0 Å². The minimum absolute atomic E-state index is 0.0507. The van der Waals surface area contributed by atoms with E-state index in [1.807, 2.05) is 25.1 Å². The molecule has 1 aromatic carbocycles. The van der Waals surface area contributed by atoms with Crippen molar-refractivity contribution in [3.05, 3.63) is 23.8 Å². The molecule has 1 fully saturated rings. The molecule has 1 heterocycles. The first-order chi connectivity index (χ1) is 10.7. The molecule has 0 N–H and O–H groups in total. The summed E-state index contributed by atoms with van der Waals surface area (Å²) in [5.74, 6) is 1.60. The molecule has 1 aromatic rings. The van der Waals surface area contributed by atoms with Gasteiger partial charge in [-0.1, -0.05) is 0 Å². The van der Waals surface area contributed by atoms with Gasteiger partial charge in [0.1, 0.15) is 11.5 Å². The molecule has 0 saturated carbocycles. The highest BCUT2D eigenvalue weighted by Crippen LogP contribution is 2.25. The van der Waals surface area contributed by atoms with Gasteiger partial charge in [0.15, 0.2) is 0 Å². The van der Waals surface area contributed by atoms with Crippen molar-refractivity contribution in [2.75, 3.05) is 33.9 Å². The van der Waals surface area contributed by atoms with Gasteiger partial charge in [0.25, 0.3) is 0 Å². The second-order valence-corrected chi connectivity index (χ2v) is 5.52. The van der Waals surface area contributed by atoms with Crippen molar-refractivity contribution in [1.29, 1.82) is 0 Å². The largest absolute Gasteiger partial charge is 0.497 e. The number of ether oxygens (including phenoxy) is 3. The molecule has 0 aliphatic carbocycles. The lowest BCUT2D eigenvalue weighted by molar-refractivity contribution is -0.149. The van der Waals surface area contributed by atoms with Crippen LogP contribution in [0.15, 0.2) is 18.2 Å². The fourth-order valence-corrected chi connectivity index (χ4v) is 2.80. The van der Waals surface area contributed by atoms with Gasteiger partial charge in [0, 0.05) is 12.6 Å². The Kier molecular flexibility index (Phi) is 6.07. The third kappa shape index (κ3) is 4.37. The molecule has 0 bridgehead atoms. The fourth-order valence-electron chi connectivity index (χ4n) is 2.80. The van der Waals surface area contributed by atoms with Gasteiger partial charge < -0.3 is 14.2 Å². The summed E-state index contributed by atoms with van der Waals surface area (Å²) < 4.78 is 15.7. The molecule has 5 nitrogen and oxygen atoms in total. The Morgan fingerprint density at radius 1 is 1.14 bits per heavy atom. The van der Waals surface area contributed by atoms with E-state index in [0.717, 1.165) is 49.5 Å². The van der Waals surface area contributed by atoms with Gasteiger partial charge in [-0.05, 0) is 50.6 Å². The SMILES string of the molecule is CCOC(=O)C1CCN(Cc2cc(OC)cc(OC)c2)CC1. The monoisotopic (exact) mass is 307 g/mol. The minimum Gasteiger partial charge on any atom is -0.497 e. The van der Waals surface area contributed by atoms with Crippen LogP contribution in [0.5, 0.6) is 11.5 Å². The van der Waals surface area contributed by atoms with Crippen molar-refractivity contribution in [3.63, 3.8) is 0 Å². The summed E-state index contributed by atoms with van der Waals surface area (Å²) in [5, 5.41) is 0. The van der Waals surface area contributed by atoms with Crippen molar-refractivity contribution < 1.29 is 19.0 Å². The van der Waals surface area contributed by atoms with E-state index in [9.17, 15) is 4.79 Å². The number of carbonyl (C=O) groups excluding carboxylic acids is 1. The maximum atomic E-state index is 11.8. The number of rotatable bonds is 6. The molecule has 0 radical (unpaired) electrons. The molecule has 1 aliphatic rings. The molecular formula is C17H25NO4. The van der Waals surface area contributed by atoms with Crippen LogP contribution in [0.3, 0.4) is 0 Å². The van der Waals surface area contributed by atoms with E-state index in [1.165, 1.54) is 0 Å². The van der Waals surface area contributed by atoms with Crippen LogP contribution in [0, 0.1) is 5.92 Å². The third-order valence-corrected chi connectivity index (χ3v) is 4.02. The van der Waals surface area contributed by atoms with Gasteiger partial charge in [0.05, 0.1) is 26.7 Å². The zero-order valence-corrected chi connectivity index (χ0v) is 13.6. The number of benzene rings is 1. The molecule has 0 aromatic heterocycles. The van der Waals surface area contributed by atoms with Crippen LogP contribution in [0.1, 0.15) is 25.3 Å². The van der Waals surface area contributed by atoms with Gasteiger partial charge in [-0.25, -0.2) is 0 Å². The average Bonchev–Trinajstić information content (AvgIpc) is 2.55. The number of carbonyl (C=O) groups is 1. The smallest absolute Gasteiger partial charge is 0.309 e. The molecule has 22 heavy (non-hydrogen) atoms. The Bertz CT molecular complexity index is 473. The molecule has 122 valence electrons. The number of likely N-dealkylation sites (tertiary alicyclic amines) is 1. The number of piperidine rings is 1. The number of hydrogen-bond donors (Lipinski definition) is 0. The summed E-state index contributed by atoms with van der Waals surface area (Å²) in [5.41, 5.74) is 1.16. The number of esters is 1. The first-order valence-corrected chi connectivity index (χ1v) is 7.77. The zero-order chi connectivity index (χ0) is 15.9. The van der Waals surface area contributed by atoms with E-state index in [0.29, 0.717) is 6.61 Å².